The number of aryl methyl sites for hydroxylation is 1. The smallest absolute Gasteiger partial charge is 0.330 e. The zero-order valence-electron chi connectivity index (χ0n) is 25.0. The first-order chi connectivity index (χ1) is 19.7. The lowest BCUT2D eigenvalue weighted by Crippen LogP contribution is -2.01. The molecular formula is C35H52N2O3. The van der Waals surface area contributed by atoms with Gasteiger partial charge in [0.25, 0.3) is 0 Å². The summed E-state index contributed by atoms with van der Waals surface area (Å²) >= 11 is 0. The van der Waals surface area contributed by atoms with Crippen molar-refractivity contribution in [3.63, 3.8) is 0 Å². The van der Waals surface area contributed by atoms with Gasteiger partial charge in [0.15, 0.2) is 0 Å². The minimum atomic E-state index is -0.329. The van der Waals surface area contributed by atoms with Crippen molar-refractivity contribution in [2.24, 2.45) is 10.2 Å². The van der Waals surface area contributed by atoms with Crippen molar-refractivity contribution < 1.29 is 14.3 Å². The lowest BCUT2D eigenvalue weighted by Gasteiger charge is -2.06. The summed E-state index contributed by atoms with van der Waals surface area (Å²) in [5, 5.41) is 8.78. The van der Waals surface area contributed by atoms with Crippen molar-refractivity contribution in [2.45, 2.75) is 116 Å². The maximum absolute atomic E-state index is 11.0. The van der Waals surface area contributed by atoms with Crippen LogP contribution in [0.2, 0.25) is 0 Å². The van der Waals surface area contributed by atoms with Gasteiger partial charge in [-0.3, -0.25) is 0 Å². The van der Waals surface area contributed by atoms with Crippen LogP contribution in [0.25, 0.3) is 0 Å². The van der Waals surface area contributed by atoms with Crippen LogP contribution in [0.5, 0.6) is 5.75 Å². The number of azo groups is 1. The molecule has 0 bridgehead atoms. The maximum atomic E-state index is 11.0. The Morgan fingerprint density at radius 3 is 1.68 bits per heavy atom. The Kier molecular flexibility index (Phi) is 19.0. The van der Waals surface area contributed by atoms with Gasteiger partial charge in [0, 0.05) is 6.08 Å². The maximum Gasteiger partial charge on any atom is 0.330 e. The van der Waals surface area contributed by atoms with E-state index in [4.69, 9.17) is 9.47 Å². The fraction of sp³-hybridized carbons (Fsp3) is 0.571. The van der Waals surface area contributed by atoms with Crippen LogP contribution in [-0.2, 0) is 16.0 Å². The fourth-order valence-corrected chi connectivity index (χ4v) is 4.60. The molecule has 5 heteroatoms. The summed E-state index contributed by atoms with van der Waals surface area (Å²) in [6.07, 6.45) is 22.4. The van der Waals surface area contributed by atoms with E-state index in [0.717, 1.165) is 49.4 Å². The van der Waals surface area contributed by atoms with Gasteiger partial charge in [-0.15, -0.1) is 0 Å². The number of carbonyl (C=O) groups excluding carboxylic acids is 1. The third-order valence-corrected chi connectivity index (χ3v) is 7.09. The van der Waals surface area contributed by atoms with Gasteiger partial charge in [-0.05, 0) is 67.6 Å². The normalized spacial score (nSPS) is 11.1. The summed E-state index contributed by atoms with van der Waals surface area (Å²) in [7, 11) is 0. The van der Waals surface area contributed by atoms with Crippen molar-refractivity contribution in [1.82, 2.24) is 0 Å². The molecule has 0 heterocycles. The topological polar surface area (TPSA) is 60.2 Å². The first kappa shape index (κ1) is 33.3. The molecule has 0 saturated heterocycles. The van der Waals surface area contributed by atoms with Crippen molar-refractivity contribution in [3.05, 3.63) is 66.7 Å². The van der Waals surface area contributed by atoms with Crippen LogP contribution < -0.4 is 4.74 Å². The highest BCUT2D eigenvalue weighted by Crippen LogP contribution is 2.22. The van der Waals surface area contributed by atoms with Gasteiger partial charge in [-0.2, -0.15) is 10.2 Å². The molecule has 0 atom stereocenters. The molecule has 2 aromatic rings. The molecule has 0 aliphatic carbocycles. The molecule has 0 saturated carbocycles. The summed E-state index contributed by atoms with van der Waals surface area (Å²) in [5.74, 6) is 0.547. The van der Waals surface area contributed by atoms with Gasteiger partial charge in [-0.25, -0.2) is 4.79 Å². The molecule has 5 nitrogen and oxygen atoms in total. The molecule has 0 N–H and O–H groups in total. The summed E-state index contributed by atoms with van der Waals surface area (Å²) in [5.41, 5.74) is 3.09. The Labute approximate surface area is 243 Å². The van der Waals surface area contributed by atoms with Gasteiger partial charge in [-0.1, -0.05) is 109 Å². The van der Waals surface area contributed by atoms with Crippen molar-refractivity contribution in [2.75, 3.05) is 13.2 Å². The first-order valence-electron chi connectivity index (χ1n) is 15.7. The molecule has 0 amide bonds. The van der Waals surface area contributed by atoms with E-state index >= 15 is 0 Å². The Morgan fingerprint density at radius 1 is 0.650 bits per heavy atom. The second-order valence-corrected chi connectivity index (χ2v) is 10.6. The molecule has 2 aromatic carbocycles. The minimum absolute atomic E-state index is 0.329. The first-order valence-corrected chi connectivity index (χ1v) is 15.7. The van der Waals surface area contributed by atoms with E-state index in [1.165, 1.54) is 95.1 Å². The van der Waals surface area contributed by atoms with Gasteiger partial charge >= 0.3 is 5.97 Å². The van der Waals surface area contributed by atoms with Crippen molar-refractivity contribution in [3.8, 4) is 5.75 Å². The van der Waals surface area contributed by atoms with Gasteiger partial charge < -0.3 is 9.47 Å². The molecule has 0 radical (unpaired) electrons. The molecule has 0 unspecified atom stereocenters. The quantitative estimate of drug-likeness (QED) is 0.0567. The Bertz CT molecular complexity index is 938. The fourth-order valence-electron chi connectivity index (χ4n) is 4.60. The highest BCUT2D eigenvalue weighted by Gasteiger charge is 1.99. The Balaban J connectivity index is 1.50. The van der Waals surface area contributed by atoms with Crippen LogP contribution in [0.3, 0.4) is 0 Å². The predicted octanol–water partition coefficient (Wildman–Crippen LogP) is 11.0. The number of hydrogen-bond acceptors (Lipinski definition) is 5. The summed E-state index contributed by atoms with van der Waals surface area (Å²) in [6, 6.07) is 16.3. The molecular weight excluding hydrogens is 496 g/mol. The Morgan fingerprint density at radius 2 is 1.12 bits per heavy atom. The highest BCUT2D eigenvalue weighted by molar-refractivity contribution is 5.81. The van der Waals surface area contributed by atoms with Crippen LogP contribution in [0.4, 0.5) is 11.4 Å². The zero-order valence-corrected chi connectivity index (χ0v) is 25.0. The largest absolute Gasteiger partial charge is 0.494 e. The van der Waals surface area contributed by atoms with Crippen LogP contribution in [0.15, 0.2) is 71.4 Å². The monoisotopic (exact) mass is 548 g/mol. The predicted molar refractivity (Wildman–Crippen MR) is 167 cm³/mol. The molecule has 2 rings (SSSR count). The number of benzene rings is 2. The number of ether oxygens (including phenoxy) is 2. The lowest BCUT2D eigenvalue weighted by molar-refractivity contribution is -0.137. The van der Waals surface area contributed by atoms with Gasteiger partial charge in [0.05, 0.1) is 24.6 Å². The molecule has 0 aliphatic rings. The summed E-state index contributed by atoms with van der Waals surface area (Å²) < 4.78 is 10.9. The molecule has 0 spiro atoms. The van der Waals surface area contributed by atoms with Gasteiger partial charge in [0.1, 0.15) is 5.75 Å². The van der Waals surface area contributed by atoms with Crippen LogP contribution in [-0.4, -0.2) is 19.2 Å². The van der Waals surface area contributed by atoms with Crippen LogP contribution in [0.1, 0.15) is 115 Å². The van der Waals surface area contributed by atoms with E-state index in [-0.39, 0.29) is 5.97 Å². The number of nitrogens with zero attached hydrogens (tertiary/aromatic N) is 2. The second-order valence-electron chi connectivity index (χ2n) is 10.6. The minimum Gasteiger partial charge on any atom is -0.494 e. The lowest BCUT2D eigenvalue weighted by atomic mass is 10.0. The number of unbranched alkanes of at least 4 members (excludes halogenated alkanes) is 14. The molecule has 0 aromatic heterocycles. The van der Waals surface area contributed by atoms with Crippen LogP contribution >= 0.6 is 0 Å². The molecule has 220 valence electrons. The van der Waals surface area contributed by atoms with E-state index in [2.05, 4.69) is 48.0 Å². The standard InChI is InChI=1S/C35H52N2O3/c1-3-5-6-7-8-11-14-17-20-31-21-23-32(24-22-31)36-37-33-25-27-34(28-26-33)39-29-18-15-12-9-10-13-16-19-30-40-35(38)4-2/h4,21-28H,2-3,5-20,29-30H2,1H3. The molecule has 0 fully saturated rings. The third-order valence-electron chi connectivity index (χ3n) is 7.09. The Hall–Kier alpha value is -2.95. The van der Waals surface area contributed by atoms with E-state index < -0.39 is 0 Å². The molecule has 0 aliphatic heterocycles. The van der Waals surface area contributed by atoms with E-state index in [1.54, 1.807) is 0 Å². The van der Waals surface area contributed by atoms with Crippen molar-refractivity contribution >= 4 is 17.3 Å². The van der Waals surface area contributed by atoms with Gasteiger partial charge in [0.2, 0.25) is 0 Å². The SMILES string of the molecule is C=CC(=O)OCCCCCCCCCCOc1ccc(N=Nc2ccc(CCCCCCCCCC)cc2)cc1. The van der Waals surface area contributed by atoms with E-state index in [1.807, 2.05) is 24.3 Å². The number of hydrogen-bond donors (Lipinski definition) is 0. The third kappa shape index (κ3) is 16.9. The van der Waals surface area contributed by atoms with Crippen molar-refractivity contribution in [1.29, 1.82) is 0 Å². The number of carbonyl (C=O) groups is 1. The second kappa shape index (κ2) is 22.8. The number of esters is 1. The zero-order chi connectivity index (χ0) is 28.5. The average Bonchev–Trinajstić information content (AvgIpc) is 2.99. The summed E-state index contributed by atoms with van der Waals surface area (Å²) in [6.45, 7) is 6.90. The van der Waals surface area contributed by atoms with Crippen LogP contribution in [0, 0.1) is 0 Å². The summed E-state index contributed by atoms with van der Waals surface area (Å²) in [4.78, 5) is 11.0. The number of rotatable bonds is 24. The van der Waals surface area contributed by atoms with E-state index in [9.17, 15) is 4.79 Å². The highest BCUT2D eigenvalue weighted by atomic mass is 16.5. The average molecular weight is 549 g/mol. The van der Waals surface area contributed by atoms with E-state index in [0.29, 0.717) is 6.61 Å². The molecule has 40 heavy (non-hydrogen) atoms.